The average molecular weight is 269 g/mol. The standard InChI is InChI=1S/C11H10BrFN2/c1-3-6-15(2)9-5-4-8(7-14)10(12)11(9)13/h3-5H,1,6H2,2H3. The highest BCUT2D eigenvalue weighted by atomic mass is 79.9. The topological polar surface area (TPSA) is 27.0 Å². The highest BCUT2D eigenvalue weighted by molar-refractivity contribution is 9.10. The first kappa shape index (κ1) is 11.7. The van der Waals surface area contributed by atoms with Crippen LogP contribution in [0.1, 0.15) is 5.56 Å². The molecule has 0 saturated carbocycles. The van der Waals surface area contributed by atoms with Crippen molar-refractivity contribution in [2.24, 2.45) is 0 Å². The van der Waals surface area contributed by atoms with Crippen molar-refractivity contribution in [1.82, 2.24) is 0 Å². The van der Waals surface area contributed by atoms with Crippen LogP contribution in [-0.2, 0) is 0 Å². The largest absolute Gasteiger partial charge is 0.368 e. The molecule has 1 aromatic rings. The van der Waals surface area contributed by atoms with Crippen LogP contribution in [0.2, 0.25) is 0 Å². The van der Waals surface area contributed by atoms with E-state index in [0.29, 0.717) is 17.8 Å². The summed E-state index contributed by atoms with van der Waals surface area (Å²) in [6, 6.07) is 5.08. The Morgan fingerprint density at radius 2 is 2.33 bits per heavy atom. The first-order chi connectivity index (χ1) is 7.11. The van der Waals surface area contributed by atoms with Gasteiger partial charge in [0.25, 0.3) is 0 Å². The van der Waals surface area contributed by atoms with Gasteiger partial charge in [0.05, 0.1) is 15.7 Å². The molecule has 0 spiro atoms. The molecule has 2 nitrogen and oxygen atoms in total. The predicted octanol–water partition coefficient (Wildman–Crippen LogP) is 3.08. The number of nitriles is 1. The number of halogens is 2. The lowest BCUT2D eigenvalue weighted by Crippen LogP contribution is -2.18. The van der Waals surface area contributed by atoms with E-state index >= 15 is 0 Å². The highest BCUT2D eigenvalue weighted by Crippen LogP contribution is 2.28. The Bertz CT molecular complexity index is 423. The molecular weight excluding hydrogens is 259 g/mol. The molecule has 0 N–H and O–H groups in total. The van der Waals surface area contributed by atoms with Gasteiger partial charge in [-0.25, -0.2) is 4.39 Å². The lowest BCUT2D eigenvalue weighted by atomic mass is 10.2. The Kier molecular flexibility index (Phi) is 3.87. The minimum atomic E-state index is -0.418. The number of anilines is 1. The van der Waals surface area contributed by atoms with Crippen LogP contribution in [0.15, 0.2) is 29.3 Å². The molecule has 0 radical (unpaired) electrons. The number of nitrogens with zero attached hydrogens (tertiary/aromatic N) is 2. The molecule has 1 aromatic carbocycles. The van der Waals surface area contributed by atoms with Gasteiger partial charge in [-0.05, 0) is 28.1 Å². The third kappa shape index (κ3) is 2.37. The fraction of sp³-hybridized carbons (Fsp3) is 0.182. The van der Waals surface area contributed by atoms with Crippen molar-refractivity contribution < 1.29 is 4.39 Å². The molecule has 0 fully saturated rings. The quantitative estimate of drug-likeness (QED) is 0.788. The number of benzene rings is 1. The van der Waals surface area contributed by atoms with Gasteiger partial charge in [-0.15, -0.1) is 6.58 Å². The van der Waals surface area contributed by atoms with Crippen LogP contribution >= 0.6 is 15.9 Å². The summed E-state index contributed by atoms with van der Waals surface area (Å²) in [7, 11) is 1.76. The summed E-state index contributed by atoms with van der Waals surface area (Å²) in [6.07, 6.45) is 1.69. The summed E-state index contributed by atoms with van der Waals surface area (Å²) in [5.74, 6) is -0.418. The first-order valence-corrected chi connectivity index (χ1v) is 5.11. The Morgan fingerprint density at radius 1 is 1.67 bits per heavy atom. The minimum absolute atomic E-state index is 0.207. The zero-order valence-corrected chi connectivity index (χ0v) is 9.88. The molecule has 0 aromatic heterocycles. The maximum Gasteiger partial charge on any atom is 0.161 e. The molecular formula is C11H10BrFN2. The third-order valence-electron chi connectivity index (χ3n) is 2.00. The van der Waals surface area contributed by atoms with Gasteiger partial charge in [-0.2, -0.15) is 5.26 Å². The zero-order valence-electron chi connectivity index (χ0n) is 8.30. The summed E-state index contributed by atoms with van der Waals surface area (Å²) < 4.78 is 14.0. The van der Waals surface area contributed by atoms with Crippen molar-refractivity contribution in [2.75, 3.05) is 18.5 Å². The number of rotatable bonds is 3. The smallest absolute Gasteiger partial charge is 0.161 e. The van der Waals surface area contributed by atoms with Gasteiger partial charge >= 0.3 is 0 Å². The van der Waals surface area contributed by atoms with Crippen molar-refractivity contribution in [1.29, 1.82) is 5.26 Å². The van der Waals surface area contributed by atoms with E-state index in [2.05, 4.69) is 22.5 Å². The Balaban J connectivity index is 3.18. The molecule has 0 heterocycles. The molecule has 0 unspecified atom stereocenters. The van der Waals surface area contributed by atoms with Crippen molar-refractivity contribution in [3.63, 3.8) is 0 Å². The highest BCUT2D eigenvalue weighted by Gasteiger charge is 2.13. The summed E-state index contributed by atoms with van der Waals surface area (Å²) >= 11 is 3.06. The Labute approximate surface area is 96.8 Å². The normalized spacial score (nSPS) is 9.47. The van der Waals surface area contributed by atoms with Crippen LogP contribution in [0.5, 0.6) is 0 Å². The maximum atomic E-state index is 13.7. The maximum absolute atomic E-state index is 13.7. The van der Waals surface area contributed by atoms with Crippen molar-refractivity contribution >= 4 is 21.6 Å². The van der Waals surface area contributed by atoms with Gasteiger partial charge in [0, 0.05) is 13.6 Å². The van der Waals surface area contributed by atoms with Crippen molar-refractivity contribution in [3.05, 3.63) is 40.6 Å². The van der Waals surface area contributed by atoms with E-state index in [9.17, 15) is 4.39 Å². The van der Waals surface area contributed by atoms with Gasteiger partial charge in [-0.1, -0.05) is 6.08 Å². The molecule has 78 valence electrons. The van der Waals surface area contributed by atoms with Gasteiger partial charge < -0.3 is 4.90 Å². The fourth-order valence-corrected chi connectivity index (χ4v) is 1.64. The Hall–Kier alpha value is -1.34. The molecule has 15 heavy (non-hydrogen) atoms. The first-order valence-electron chi connectivity index (χ1n) is 4.32. The second-order valence-corrected chi connectivity index (χ2v) is 3.83. The second kappa shape index (κ2) is 4.94. The lowest BCUT2D eigenvalue weighted by molar-refractivity contribution is 0.617. The second-order valence-electron chi connectivity index (χ2n) is 3.04. The third-order valence-corrected chi connectivity index (χ3v) is 2.77. The Morgan fingerprint density at radius 3 is 2.87 bits per heavy atom. The van der Waals surface area contributed by atoms with Gasteiger partial charge in [-0.3, -0.25) is 0 Å². The summed E-state index contributed by atoms with van der Waals surface area (Å²) in [5.41, 5.74) is 0.740. The van der Waals surface area contributed by atoms with E-state index in [1.807, 2.05) is 6.07 Å². The van der Waals surface area contributed by atoms with Crippen LogP contribution < -0.4 is 4.90 Å². The molecule has 0 atom stereocenters. The molecule has 0 saturated heterocycles. The number of likely N-dealkylation sites (N-methyl/N-ethyl adjacent to an activating group) is 1. The molecule has 0 aliphatic heterocycles. The van der Waals surface area contributed by atoms with Crippen LogP contribution in [0.25, 0.3) is 0 Å². The van der Waals surface area contributed by atoms with Crippen LogP contribution in [0, 0.1) is 17.1 Å². The SMILES string of the molecule is C=CCN(C)c1ccc(C#N)c(Br)c1F. The average Bonchev–Trinajstić information content (AvgIpc) is 2.22. The molecule has 4 heteroatoms. The fourth-order valence-electron chi connectivity index (χ4n) is 1.21. The predicted molar refractivity (Wildman–Crippen MR) is 62.3 cm³/mol. The van der Waals surface area contributed by atoms with E-state index in [4.69, 9.17) is 5.26 Å². The molecule has 0 amide bonds. The lowest BCUT2D eigenvalue weighted by Gasteiger charge is -2.18. The zero-order chi connectivity index (χ0) is 11.4. The molecule has 1 rings (SSSR count). The minimum Gasteiger partial charge on any atom is -0.368 e. The van der Waals surface area contributed by atoms with Gasteiger partial charge in [0.2, 0.25) is 0 Å². The molecule has 0 aliphatic rings. The molecule has 0 aliphatic carbocycles. The van der Waals surface area contributed by atoms with E-state index < -0.39 is 5.82 Å². The number of hydrogen-bond donors (Lipinski definition) is 0. The van der Waals surface area contributed by atoms with Gasteiger partial charge in [0.15, 0.2) is 5.82 Å². The van der Waals surface area contributed by atoms with Gasteiger partial charge in [0.1, 0.15) is 6.07 Å². The van der Waals surface area contributed by atoms with E-state index in [-0.39, 0.29) is 4.47 Å². The van der Waals surface area contributed by atoms with E-state index in [0.717, 1.165) is 0 Å². The summed E-state index contributed by atoms with van der Waals surface area (Å²) in [4.78, 5) is 1.72. The molecule has 0 bridgehead atoms. The van der Waals surface area contributed by atoms with Crippen LogP contribution in [-0.4, -0.2) is 13.6 Å². The van der Waals surface area contributed by atoms with E-state index in [1.165, 1.54) is 0 Å². The van der Waals surface area contributed by atoms with Crippen LogP contribution in [0.3, 0.4) is 0 Å². The van der Waals surface area contributed by atoms with E-state index in [1.54, 1.807) is 30.2 Å². The van der Waals surface area contributed by atoms with Crippen molar-refractivity contribution in [3.8, 4) is 6.07 Å². The van der Waals surface area contributed by atoms with Crippen LogP contribution in [0.4, 0.5) is 10.1 Å². The van der Waals surface area contributed by atoms with Crippen molar-refractivity contribution in [2.45, 2.75) is 0 Å². The monoisotopic (exact) mass is 268 g/mol. The summed E-state index contributed by atoms with van der Waals surface area (Å²) in [5, 5.41) is 8.70. The summed E-state index contributed by atoms with van der Waals surface area (Å²) in [6.45, 7) is 4.13. The number of hydrogen-bond acceptors (Lipinski definition) is 2.